The van der Waals surface area contributed by atoms with Gasteiger partial charge >= 0.3 is 5.97 Å². The maximum atomic E-state index is 12.9. The minimum absolute atomic E-state index is 0.0990. The summed E-state index contributed by atoms with van der Waals surface area (Å²) in [5, 5.41) is 15.9. The highest BCUT2D eigenvalue weighted by Gasteiger charge is 2.55. The van der Waals surface area contributed by atoms with Gasteiger partial charge in [0.2, 0.25) is 0 Å². The molecule has 1 aliphatic rings. The van der Waals surface area contributed by atoms with E-state index in [2.05, 4.69) is 114 Å². The van der Waals surface area contributed by atoms with Crippen LogP contribution in [0.4, 0.5) is 0 Å². The molecule has 3 atom stereocenters. The lowest BCUT2D eigenvalue weighted by molar-refractivity contribution is -0.146. The number of aliphatic hydroxyl groups is 1. The second-order valence-corrected chi connectivity index (χ2v) is 22.9. The van der Waals surface area contributed by atoms with Crippen molar-refractivity contribution in [2.45, 2.75) is 82.8 Å². The lowest BCUT2D eigenvalue weighted by atomic mass is 10.1. The molecule has 1 heterocycles. The molecular formula is C39H48O5Si2. The van der Waals surface area contributed by atoms with Gasteiger partial charge in [0.1, 0.15) is 0 Å². The predicted molar refractivity (Wildman–Crippen MR) is 191 cm³/mol. The molecule has 5 rings (SSSR count). The molecule has 0 unspecified atom stereocenters. The fourth-order valence-corrected chi connectivity index (χ4v) is 16.4. The molecule has 0 aliphatic carbocycles. The molecule has 0 aromatic heterocycles. The topological polar surface area (TPSA) is 65.0 Å². The van der Waals surface area contributed by atoms with Crippen LogP contribution in [-0.2, 0) is 18.4 Å². The van der Waals surface area contributed by atoms with Gasteiger partial charge in [0.25, 0.3) is 16.6 Å². The van der Waals surface area contributed by atoms with Crippen LogP contribution in [0.3, 0.4) is 0 Å². The van der Waals surface area contributed by atoms with Crippen molar-refractivity contribution in [3.8, 4) is 0 Å². The van der Waals surface area contributed by atoms with E-state index in [1.165, 1.54) is 10.4 Å². The maximum Gasteiger partial charge on any atom is 0.308 e. The summed E-state index contributed by atoms with van der Waals surface area (Å²) in [5.74, 6) is -0.347. The normalized spacial score (nSPS) is 18.3. The summed E-state index contributed by atoms with van der Waals surface area (Å²) >= 11 is 0. The molecule has 4 aromatic carbocycles. The molecule has 46 heavy (non-hydrogen) atoms. The largest absolute Gasteiger partial charge is 0.457 e. The maximum absolute atomic E-state index is 12.9. The molecule has 1 fully saturated rings. The number of ether oxygens (including phenoxy) is 1. The number of benzene rings is 4. The third-order valence-corrected chi connectivity index (χ3v) is 19.4. The Morgan fingerprint density at radius 2 is 1.04 bits per heavy atom. The van der Waals surface area contributed by atoms with Crippen molar-refractivity contribution >= 4 is 43.4 Å². The summed E-state index contributed by atoms with van der Waals surface area (Å²) < 4.78 is 20.2. The Hall–Kier alpha value is -3.34. The summed E-state index contributed by atoms with van der Waals surface area (Å²) in [4.78, 5) is 12.9. The highest BCUT2D eigenvalue weighted by molar-refractivity contribution is 7.00. The van der Waals surface area contributed by atoms with Gasteiger partial charge < -0.3 is 18.7 Å². The number of carbonyl (C=O) groups is 1. The van der Waals surface area contributed by atoms with Crippen LogP contribution in [0.5, 0.6) is 0 Å². The number of carbonyl (C=O) groups excluding carboxylic acids is 1. The number of hydrogen-bond acceptors (Lipinski definition) is 5. The van der Waals surface area contributed by atoms with Crippen molar-refractivity contribution in [3.63, 3.8) is 0 Å². The fourth-order valence-electron chi connectivity index (χ4n) is 7.17. The van der Waals surface area contributed by atoms with Crippen molar-refractivity contribution in [2.75, 3.05) is 6.61 Å². The van der Waals surface area contributed by atoms with Crippen LogP contribution < -0.4 is 20.7 Å². The van der Waals surface area contributed by atoms with Gasteiger partial charge in [-0.25, -0.2) is 0 Å². The number of hydrogen-bond donors (Lipinski definition) is 1. The first-order chi connectivity index (χ1) is 21.9. The van der Waals surface area contributed by atoms with E-state index in [-0.39, 0.29) is 22.5 Å². The van der Waals surface area contributed by atoms with E-state index in [0.29, 0.717) is 13.0 Å². The van der Waals surface area contributed by atoms with Crippen LogP contribution >= 0.6 is 0 Å². The Balaban J connectivity index is 1.44. The first-order valence-corrected chi connectivity index (χ1v) is 20.1. The zero-order chi connectivity index (χ0) is 33.0. The van der Waals surface area contributed by atoms with E-state index in [0.717, 1.165) is 10.4 Å². The Morgan fingerprint density at radius 3 is 1.41 bits per heavy atom. The number of esters is 1. The zero-order valence-electron chi connectivity index (χ0n) is 28.0. The Labute approximate surface area is 276 Å². The average molecular weight is 653 g/mol. The van der Waals surface area contributed by atoms with Crippen LogP contribution in [0, 0.1) is 0 Å². The molecule has 5 nitrogen and oxygen atoms in total. The highest BCUT2D eigenvalue weighted by atomic mass is 28.4. The third kappa shape index (κ3) is 6.57. The monoisotopic (exact) mass is 652 g/mol. The Kier molecular flexibility index (Phi) is 10.2. The van der Waals surface area contributed by atoms with Crippen molar-refractivity contribution in [2.24, 2.45) is 0 Å². The molecule has 1 N–H and O–H groups in total. The molecule has 4 aromatic rings. The summed E-state index contributed by atoms with van der Waals surface area (Å²) in [6.07, 6.45) is -1.93. The molecule has 0 radical (unpaired) electrons. The smallest absolute Gasteiger partial charge is 0.308 e. The molecule has 1 saturated heterocycles. The summed E-state index contributed by atoms with van der Waals surface area (Å²) in [5.41, 5.74) is 0. The third-order valence-electron chi connectivity index (χ3n) is 9.28. The first kappa shape index (κ1) is 34.0. The van der Waals surface area contributed by atoms with E-state index in [4.69, 9.17) is 13.6 Å². The van der Waals surface area contributed by atoms with Gasteiger partial charge in [-0.1, -0.05) is 163 Å². The van der Waals surface area contributed by atoms with Crippen LogP contribution in [0.1, 0.15) is 54.4 Å². The second-order valence-electron chi connectivity index (χ2n) is 14.3. The number of aliphatic hydroxyl groups excluding tert-OH is 1. The van der Waals surface area contributed by atoms with Crippen LogP contribution in [0.15, 0.2) is 121 Å². The van der Waals surface area contributed by atoms with Crippen LogP contribution in [-0.4, -0.2) is 52.6 Å². The second kappa shape index (κ2) is 13.8. The SMILES string of the molecule is CC(C)(C)[Si](OCC[C@H](O)[C@@H]1OC(=O)C[C@H]1O[Si](c1ccccc1)(c1ccccc1)C(C)(C)C)(c1ccccc1)c1ccccc1. The minimum Gasteiger partial charge on any atom is -0.457 e. The standard InChI is InChI=1S/C39H48O5Si2/c1-38(2,3)45(30-19-11-7-12-20-30,31-21-13-8-14-22-31)42-28-27-34(40)37-35(29-36(41)43-37)44-46(39(4,5)6,32-23-15-9-16-24-32)33-25-17-10-18-26-33/h7-26,34-35,37,40H,27-29H2,1-6H3/t34-,35+,37-/m0/s1. The van der Waals surface area contributed by atoms with Crippen LogP contribution in [0.2, 0.25) is 10.1 Å². The molecular weight excluding hydrogens is 605 g/mol. The lowest BCUT2D eigenvalue weighted by Crippen LogP contribution is -2.68. The fraction of sp³-hybridized carbons (Fsp3) is 0.359. The molecule has 0 spiro atoms. The first-order valence-electron chi connectivity index (χ1n) is 16.3. The average Bonchev–Trinajstić information content (AvgIpc) is 3.42. The molecule has 7 heteroatoms. The molecule has 0 amide bonds. The van der Waals surface area contributed by atoms with Crippen LogP contribution in [0.25, 0.3) is 0 Å². The summed E-state index contributed by atoms with van der Waals surface area (Å²) in [6, 6.07) is 41.7. The van der Waals surface area contributed by atoms with Gasteiger partial charge in [0.15, 0.2) is 6.10 Å². The molecule has 0 saturated carbocycles. The van der Waals surface area contributed by atoms with Crippen molar-refractivity contribution in [3.05, 3.63) is 121 Å². The summed E-state index contributed by atoms with van der Waals surface area (Å²) in [7, 11) is -5.75. The van der Waals surface area contributed by atoms with E-state index >= 15 is 0 Å². The van der Waals surface area contributed by atoms with E-state index in [1.807, 2.05) is 48.5 Å². The molecule has 1 aliphatic heterocycles. The van der Waals surface area contributed by atoms with Crippen molar-refractivity contribution in [1.29, 1.82) is 0 Å². The van der Waals surface area contributed by atoms with Crippen molar-refractivity contribution < 1.29 is 23.5 Å². The highest BCUT2D eigenvalue weighted by Crippen LogP contribution is 2.40. The quantitative estimate of drug-likeness (QED) is 0.170. The number of cyclic esters (lactones) is 1. The Bertz CT molecular complexity index is 1470. The van der Waals surface area contributed by atoms with Gasteiger partial charge in [0.05, 0.1) is 18.6 Å². The predicted octanol–water partition coefficient (Wildman–Crippen LogP) is 5.57. The minimum atomic E-state index is -2.97. The molecule has 242 valence electrons. The van der Waals surface area contributed by atoms with E-state index in [1.54, 1.807) is 0 Å². The summed E-state index contributed by atoms with van der Waals surface area (Å²) in [6.45, 7) is 13.7. The van der Waals surface area contributed by atoms with Gasteiger partial charge in [-0.15, -0.1) is 0 Å². The van der Waals surface area contributed by atoms with Gasteiger partial charge in [0, 0.05) is 6.61 Å². The van der Waals surface area contributed by atoms with E-state index in [9.17, 15) is 9.90 Å². The molecule has 0 bridgehead atoms. The van der Waals surface area contributed by atoms with E-state index < -0.39 is 34.9 Å². The van der Waals surface area contributed by atoms with Gasteiger partial charge in [-0.3, -0.25) is 4.79 Å². The number of rotatable bonds is 11. The Morgan fingerprint density at radius 1 is 0.674 bits per heavy atom. The lowest BCUT2D eigenvalue weighted by Gasteiger charge is -2.45. The van der Waals surface area contributed by atoms with Gasteiger partial charge in [-0.05, 0) is 37.2 Å². The zero-order valence-corrected chi connectivity index (χ0v) is 30.0. The van der Waals surface area contributed by atoms with Crippen molar-refractivity contribution in [1.82, 2.24) is 0 Å². The van der Waals surface area contributed by atoms with Gasteiger partial charge in [-0.2, -0.15) is 0 Å².